The molecule has 1 fully saturated rings. The molecular formula is C14H13BrClNS. The Morgan fingerprint density at radius 2 is 2.17 bits per heavy atom. The smallest absolute Gasteiger partial charge is 0.0488 e. The van der Waals surface area contributed by atoms with Gasteiger partial charge in [0.2, 0.25) is 0 Å². The summed E-state index contributed by atoms with van der Waals surface area (Å²) in [5.41, 5.74) is 2.55. The average Bonchev–Trinajstić information content (AvgIpc) is 3.09. The lowest BCUT2D eigenvalue weighted by atomic mass is 10.1. The van der Waals surface area contributed by atoms with Crippen molar-refractivity contribution in [2.45, 2.75) is 25.4 Å². The number of rotatable bonds is 4. The predicted octanol–water partition coefficient (Wildman–Crippen LogP) is 5.08. The summed E-state index contributed by atoms with van der Waals surface area (Å²) < 4.78 is 1.16. The third kappa shape index (κ3) is 2.80. The van der Waals surface area contributed by atoms with E-state index in [0.717, 1.165) is 16.0 Å². The maximum Gasteiger partial charge on any atom is 0.0488 e. The minimum Gasteiger partial charge on any atom is -0.310 e. The molecule has 2 aromatic rings. The van der Waals surface area contributed by atoms with Crippen LogP contribution in [0.25, 0.3) is 10.4 Å². The van der Waals surface area contributed by atoms with Gasteiger partial charge < -0.3 is 5.32 Å². The van der Waals surface area contributed by atoms with Gasteiger partial charge in [0.05, 0.1) is 0 Å². The van der Waals surface area contributed by atoms with Gasteiger partial charge in [0, 0.05) is 27.0 Å². The molecule has 0 aliphatic heterocycles. The molecule has 1 aliphatic rings. The van der Waals surface area contributed by atoms with Crippen LogP contribution in [0.15, 0.2) is 34.1 Å². The maximum atomic E-state index is 6.11. The summed E-state index contributed by atoms with van der Waals surface area (Å²) in [5, 5.41) is 6.46. The Morgan fingerprint density at radius 3 is 2.83 bits per heavy atom. The van der Waals surface area contributed by atoms with Gasteiger partial charge in [-0.1, -0.05) is 17.7 Å². The first-order valence-corrected chi connectivity index (χ1v) is 8.04. The first-order valence-electron chi connectivity index (χ1n) is 5.99. The molecule has 1 aromatic heterocycles. The molecule has 1 nitrogen and oxygen atoms in total. The van der Waals surface area contributed by atoms with E-state index < -0.39 is 0 Å². The van der Waals surface area contributed by atoms with Crippen LogP contribution >= 0.6 is 38.9 Å². The van der Waals surface area contributed by atoms with Crippen molar-refractivity contribution < 1.29 is 0 Å². The van der Waals surface area contributed by atoms with E-state index in [4.69, 9.17) is 11.6 Å². The number of benzene rings is 1. The summed E-state index contributed by atoms with van der Waals surface area (Å²) >= 11 is 11.5. The molecule has 0 spiro atoms. The number of hydrogen-bond donors (Lipinski definition) is 1. The first-order chi connectivity index (χ1) is 8.74. The zero-order chi connectivity index (χ0) is 12.5. The van der Waals surface area contributed by atoms with Gasteiger partial charge >= 0.3 is 0 Å². The van der Waals surface area contributed by atoms with Crippen LogP contribution in [0.1, 0.15) is 18.4 Å². The van der Waals surface area contributed by atoms with Crippen molar-refractivity contribution in [3.63, 3.8) is 0 Å². The normalized spacial score (nSPS) is 15.0. The molecular weight excluding hydrogens is 330 g/mol. The highest BCUT2D eigenvalue weighted by molar-refractivity contribution is 9.10. The fraction of sp³-hybridized carbons (Fsp3) is 0.286. The third-order valence-electron chi connectivity index (χ3n) is 3.09. The highest BCUT2D eigenvalue weighted by atomic mass is 79.9. The van der Waals surface area contributed by atoms with Gasteiger partial charge in [-0.2, -0.15) is 0 Å². The van der Waals surface area contributed by atoms with E-state index in [2.05, 4.69) is 44.8 Å². The standard InChI is InChI=1S/C14H13BrClNS/c15-13-5-6-18-14(13)12-4-1-10(16)7-9(12)8-17-11-2-3-11/h1,4-7,11,17H,2-3,8H2. The fourth-order valence-electron chi connectivity index (χ4n) is 1.96. The van der Waals surface area contributed by atoms with E-state index >= 15 is 0 Å². The van der Waals surface area contributed by atoms with Crippen LogP contribution in [-0.4, -0.2) is 6.04 Å². The lowest BCUT2D eigenvalue weighted by Crippen LogP contribution is -2.15. The second-order valence-electron chi connectivity index (χ2n) is 4.55. The van der Waals surface area contributed by atoms with E-state index in [1.165, 1.54) is 28.8 Å². The molecule has 1 N–H and O–H groups in total. The van der Waals surface area contributed by atoms with Crippen LogP contribution < -0.4 is 5.32 Å². The summed E-state index contributed by atoms with van der Waals surface area (Å²) in [6, 6.07) is 8.95. The van der Waals surface area contributed by atoms with Crippen LogP contribution in [0.3, 0.4) is 0 Å². The summed E-state index contributed by atoms with van der Waals surface area (Å²) in [4.78, 5) is 1.28. The molecule has 0 saturated heterocycles. The second kappa shape index (κ2) is 5.33. The number of halogens is 2. The lowest BCUT2D eigenvalue weighted by Gasteiger charge is -2.10. The Balaban J connectivity index is 1.94. The molecule has 18 heavy (non-hydrogen) atoms. The van der Waals surface area contributed by atoms with Crippen molar-refractivity contribution in [2.24, 2.45) is 0 Å². The quantitative estimate of drug-likeness (QED) is 0.816. The van der Waals surface area contributed by atoms with Crippen molar-refractivity contribution in [3.8, 4) is 10.4 Å². The lowest BCUT2D eigenvalue weighted by molar-refractivity contribution is 0.689. The fourth-order valence-corrected chi connectivity index (χ4v) is 3.80. The summed E-state index contributed by atoms with van der Waals surface area (Å²) in [6.07, 6.45) is 2.61. The van der Waals surface area contributed by atoms with Crippen molar-refractivity contribution in [3.05, 3.63) is 44.7 Å². The van der Waals surface area contributed by atoms with Crippen LogP contribution in [-0.2, 0) is 6.54 Å². The summed E-state index contributed by atoms with van der Waals surface area (Å²) in [7, 11) is 0. The van der Waals surface area contributed by atoms with Crippen molar-refractivity contribution in [1.82, 2.24) is 5.32 Å². The second-order valence-corrected chi connectivity index (χ2v) is 6.76. The Kier molecular flexibility index (Phi) is 3.76. The van der Waals surface area contributed by atoms with Crippen molar-refractivity contribution >= 4 is 38.9 Å². The van der Waals surface area contributed by atoms with Crippen molar-refractivity contribution in [2.75, 3.05) is 0 Å². The number of hydrogen-bond acceptors (Lipinski definition) is 2. The third-order valence-corrected chi connectivity index (χ3v) is 5.19. The minimum absolute atomic E-state index is 0.712. The summed E-state index contributed by atoms with van der Waals surface area (Å²) in [6.45, 7) is 0.894. The monoisotopic (exact) mass is 341 g/mol. The highest BCUT2D eigenvalue weighted by Gasteiger charge is 2.21. The molecule has 94 valence electrons. The number of nitrogens with one attached hydrogen (secondary N) is 1. The zero-order valence-electron chi connectivity index (χ0n) is 9.75. The Labute approximate surface area is 124 Å². The van der Waals surface area contributed by atoms with E-state index in [0.29, 0.717) is 6.04 Å². The molecule has 3 rings (SSSR count). The molecule has 0 radical (unpaired) electrons. The largest absolute Gasteiger partial charge is 0.310 e. The van der Waals surface area contributed by atoms with E-state index in [1.807, 2.05) is 6.07 Å². The molecule has 0 bridgehead atoms. The van der Waals surface area contributed by atoms with Crippen LogP contribution in [0, 0.1) is 0 Å². The Bertz CT molecular complexity index is 563. The van der Waals surface area contributed by atoms with Gasteiger partial charge in [0.1, 0.15) is 0 Å². The van der Waals surface area contributed by atoms with Gasteiger partial charge in [-0.05, 0) is 63.5 Å². The number of thiophene rings is 1. The van der Waals surface area contributed by atoms with Gasteiger partial charge in [-0.3, -0.25) is 0 Å². The van der Waals surface area contributed by atoms with Gasteiger partial charge in [-0.15, -0.1) is 11.3 Å². The molecule has 1 saturated carbocycles. The van der Waals surface area contributed by atoms with E-state index in [-0.39, 0.29) is 0 Å². The molecule has 1 heterocycles. The first kappa shape index (κ1) is 12.7. The van der Waals surface area contributed by atoms with E-state index in [9.17, 15) is 0 Å². The SMILES string of the molecule is Clc1ccc(-c2sccc2Br)c(CNC2CC2)c1. The molecule has 1 aliphatic carbocycles. The predicted molar refractivity (Wildman–Crippen MR) is 82.3 cm³/mol. The Hall–Kier alpha value is -0.350. The van der Waals surface area contributed by atoms with Crippen molar-refractivity contribution in [1.29, 1.82) is 0 Å². The minimum atomic E-state index is 0.712. The molecule has 4 heteroatoms. The van der Waals surface area contributed by atoms with Crippen LogP contribution in [0.5, 0.6) is 0 Å². The maximum absolute atomic E-state index is 6.11. The van der Waals surface area contributed by atoms with E-state index in [1.54, 1.807) is 11.3 Å². The molecule has 1 aromatic carbocycles. The molecule has 0 atom stereocenters. The van der Waals surface area contributed by atoms with Gasteiger partial charge in [0.15, 0.2) is 0 Å². The van der Waals surface area contributed by atoms with Gasteiger partial charge in [0.25, 0.3) is 0 Å². The molecule has 0 unspecified atom stereocenters. The Morgan fingerprint density at radius 1 is 1.33 bits per heavy atom. The average molecular weight is 343 g/mol. The van der Waals surface area contributed by atoms with Crippen LogP contribution in [0.4, 0.5) is 0 Å². The molecule has 0 amide bonds. The van der Waals surface area contributed by atoms with Crippen LogP contribution in [0.2, 0.25) is 5.02 Å². The topological polar surface area (TPSA) is 12.0 Å². The zero-order valence-corrected chi connectivity index (χ0v) is 12.9. The van der Waals surface area contributed by atoms with Gasteiger partial charge in [-0.25, -0.2) is 0 Å². The highest BCUT2D eigenvalue weighted by Crippen LogP contribution is 2.36. The summed E-state index contributed by atoms with van der Waals surface area (Å²) in [5.74, 6) is 0.